The molecule has 0 atom stereocenters. The number of hydrogen-bond acceptors (Lipinski definition) is 5. The van der Waals surface area contributed by atoms with E-state index in [1.165, 1.54) is 17.4 Å². The molecule has 1 aromatic carbocycles. The zero-order valence-corrected chi connectivity index (χ0v) is 19.1. The second kappa shape index (κ2) is 8.96. The third-order valence-electron chi connectivity index (χ3n) is 5.91. The summed E-state index contributed by atoms with van der Waals surface area (Å²) < 4.78 is 1.84. The molecule has 8 heteroatoms. The number of hydrogen-bond donors (Lipinski definition) is 2. The lowest BCUT2D eigenvalue weighted by molar-refractivity contribution is -0.112. The van der Waals surface area contributed by atoms with Crippen LogP contribution in [0.1, 0.15) is 39.3 Å². The fourth-order valence-electron chi connectivity index (χ4n) is 4.33. The zero-order chi connectivity index (χ0) is 23.7. The van der Waals surface area contributed by atoms with Crippen LogP contribution in [0, 0.1) is 11.3 Å². The van der Waals surface area contributed by atoms with E-state index in [2.05, 4.69) is 5.32 Å². The Morgan fingerprint density at radius 1 is 1.12 bits per heavy atom. The molecule has 5 rings (SSSR count). The third-order valence-corrected chi connectivity index (χ3v) is 7.11. The molecule has 7 nitrogen and oxygen atoms in total. The van der Waals surface area contributed by atoms with Gasteiger partial charge in [-0.3, -0.25) is 14.0 Å². The highest BCUT2D eigenvalue weighted by molar-refractivity contribution is 7.17. The van der Waals surface area contributed by atoms with Gasteiger partial charge in [0, 0.05) is 16.6 Å². The Bertz CT molecular complexity index is 1490. The van der Waals surface area contributed by atoms with E-state index in [0.717, 1.165) is 41.7 Å². The first-order valence-electron chi connectivity index (χ1n) is 11.0. The minimum atomic E-state index is -0.589. The third kappa shape index (κ3) is 3.87. The van der Waals surface area contributed by atoms with Gasteiger partial charge in [-0.25, -0.2) is 4.98 Å². The van der Waals surface area contributed by atoms with Gasteiger partial charge in [-0.1, -0.05) is 36.4 Å². The molecule has 0 radical (unpaired) electrons. The van der Waals surface area contributed by atoms with Crippen molar-refractivity contribution >= 4 is 39.9 Å². The number of imidazole rings is 1. The maximum absolute atomic E-state index is 13.2. The van der Waals surface area contributed by atoms with Crippen molar-refractivity contribution in [2.45, 2.75) is 25.7 Å². The predicted octanol–water partition coefficient (Wildman–Crippen LogP) is 4.59. The molecule has 3 aromatic heterocycles. The van der Waals surface area contributed by atoms with Gasteiger partial charge < -0.3 is 11.1 Å². The topological polar surface area (TPSA) is 113 Å². The number of nitriles is 1. The van der Waals surface area contributed by atoms with Crippen LogP contribution in [0.15, 0.2) is 60.3 Å². The molecule has 0 saturated heterocycles. The normalized spacial score (nSPS) is 13.3. The van der Waals surface area contributed by atoms with Crippen LogP contribution >= 0.6 is 11.3 Å². The molecule has 4 aromatic rings. The van der Waals surface area contributed by atoms with E-state index in [1.54, 1.807) is 0 Å². The van der Waals surface area contributed by atoms with Crippen LogP contribution in [0.5, 0.6) is 0 Å². The number of pyridine rings is 1. The van der Waals surface area contributed by atoms with Gasteiger partial charge >= 0.3 is 0 Å². The molecular formula is C26H21N5O2S. The zero-order valence-electron chi connectivity index (χ0n) is 18.2. The number of carbonyl (C=O) groups is 2. The summed E-state index contributed by atoms with van der Waals surface area (Å²) in [5, 5.41) is 13.0. The summed E-state index contributed by atoms with van der Waals surface area (Å²) in [6.07, 6.45) is 7.03. The first kappa shape index (κ1) is 21.6. The minimum absolute atomic E-state index is 0.0929. The van der Waals surface area contributed by atoms with Crippen LogP contribution < -0.4 is 11.1 Å². The van der Waals surface area contributed by atoms with Gasteiger partial charge in [-0.15, -0.1) is 11.3 Å². The monoisotopic (exact) mass is 467 g/mol. The van der Waals surface area contributed by atoms with Gasteiger partial charge in [-0.05, 0) is 49.5 Å². The highest BCUT2D eigenvalue weighted by Gasteiger charge is 2.26. The van der Waals surface area contributed by atoms with Crippen LogP contribution in [0.25, 0.3) is 23.0 Å². The lowest BCUT2D eigenvalue weighted by atomic mass is 9.95. The number of carbonyl (C=O) groups excluding carboxylic acids is 2. The van der Waals surface area contributed by atoms with Crippen molar-refractivity contribution in [3.63, 3.8) is 0 Å². The molecular weight excluding hydrogens is 446 g/mol. The Balaban J connectivity index is 1.56. The van der Waals surface area contributed by atoms with E-state index in [1.807, 2.05) is 65.2 Å². The van der Waals surface area contributed by atoms with E-state index >= 15 is 0 Å². The number of fused-ring (bicyclic) bond motifs is 2. The summed E-state index contributed by atoms with van der Waals surface area (Å²) in [5.74, 6) is -1.15. The fraction of sp³-hybridized carbons (Fsp3) is 0.154. The molecule has 1 aliphatic carbocycles. The Morgan fingerprint density at radius 2 is 1.88 bits per heavy atom. The molecule has 0 bridgehead atoms. The molecule has 3 N–H and O–H groups in total. The lowest BCUT2D eigenvalue weighted by Gasteiger charge is -2.11. The maximum atomic E-state index is 13.2. The first-order valence-corrected chi connectivity index (χ1v) is 11.8. The lowest BCUT2D eigenvalue weighted by Crippen LogP contribution is -2.19. The van der Waals surface area contributed by atoms with Crippen molar-refractivity contribution in [3.05, 3.63) is 82.0 Å². The Hall–Kier alpha value is -4.22. The van der Waals surface area contributed by atoms with Crippen molar-refractivity contribution in [1.82, 2.24) is 9.38 Å². The highest BCUT2D eigenvalue weighted by atomic mass is 32.1. The number of nitrogens with one attached hydrogen (secondary N) is 1. The molecule has 1 aliphatic rings. The van der Waals surface area contributed by atoms with Gasteiger partial charge in [0.05, 0.1) is 17.0 Å². The maximum Gasteiger partial charge on any atom is 0.267 e. The molecule has 0 aliphatic heterocycles. The van der Waals surface area contributed by atoms with Crippen LogP contribution in [0.3, 0.4) is 0 Å². The Labute approximate surface area is 200 Å². The minimum Gasteiger partial charge on any atom is -0.365 e. The number of aryl methyl sites for hydroxylation is 1. The van der Waals surface area contributed by atoms with Crippen LogP contribution in [0.2, 0.25) is 0 Å². The van der Waals surface area contributed by atoms with Gasteiger partial charge in [0.1, 0.15) is 22.3 Å². The van der Waals surface area contributed by atoms with Crippen LogP contribution in [-0.2, 0) is 17.6 Å². The molecule has 0 unspecified atom stereocenters. The van der Waals surface area contributed by atoms with Gasteiger partial charge in [-0.2, -0.15) is 5.26 Å². The van der Waals surface area contributed by atoms with Crippen molar-refractivity contribution in [2.75, 3.05) is 5.32 Å². The molecule has 168 valence electrons. The number of nitrogens with two attached hydrogens (primary N) is 1. The summed E-state index contributed by atoms with van der Waals surface area (Å²) >= 11 is 1.37. The number of benzene rings is 1. The van der Waals surface area contributed by atoms with E-state index in [4.69, 9.17) is 10.7 Å². The average molecular weight is 468 g/mol. The molecule has 0 fully saturated rings. The van der Waals surface area contributed by atoms with Gasteiger partial charge in [0.15, 0.2) is 0 Å². The first-order chi connectivity index (χ1) is 16.6. The fourth-order valence-corrected chi connectivity index (χ4v) is 5.62. The molecule has 0 spiro atoms. The molecule has 3 heterocycles. The van der Waals surface area contributed by atoms with Crippen molar-refractivity contribution in [1.29, 1.82) is 5.26 Å². The number of nitrogens with zero attached hydrogens (tertiary/aromatic N) is 3. The standard InChI is InChI=1S/C26H21N5O2S/c27-15-17(25(33)30-26-22(24(28)32)18-10-4-5-11-20(18)34-26)14-19-23(16-8-2-1-3-9-16)29-21-12-6-7-13-31(19)21/h1-3,6-9,12-14H,4-5,10-11H2,(H2,28,32)(H,30,33). The summed E-state index contributed by atoms with van der Waals surface area (Å²) in [4.78, 5) is 31.1. The Morgan fingerprint density at radius 3 is 2.65 bits per heavy atom. The largest absolute Gasteiger partial charge is 0.365 e. The predicted molar refractivity (Wildman–Crippen MR) is 132 cm³/mol. The second-order valence-corrected chi connectivity index (χ2v) is 9.15. The van der Waals surface area contributed by atoms with E-state index < -0.39 is 11.8 Å². The van der Waals surface area contributed by atoms with Gasteiger partial charge in [0.25, 0.3) is 11.8 Å². The number of anilines is 1. The summed E-state index contributed by atoms with van der Waals surface area (Å²) in [6.45, 7) is 0. The van der Waals surface area contributed by atoms with Gasteiger partial charge in [0.2, 0.25) is 0 Å². The van der Waals surface area contributed by atoms with Crippen molar-refractivity contribution in [2.24, 2.45) is 5.73 Å². The van der Waals surface area contributed by atoms with E-state index in [-0.39, 0.29) is 5.57 Å². The summed E-state index contributed by atoms with van der Waals surface area (Å²) in [5.41, 5.74) is 9.70. The number of rotatable bonds is 5. The summed E-state index contributed by atoms with van der Waals surface area (Å²) in [6, 6.07) is 17.2. The molecule has 0 saturated carbocycles. The van der Waals surface area contributed by atoms with Crippen LogP contribution in [-0.4, -0.2) is 21.2 Å². The number of amides is 2. The second-order valence-electron chi connectivity index (χ2n) is 8.04. The van der Waals surface area contributed by atoms with Crippen molar-refractivity contribution < 1.29 is 9.59 Å². The number of primary amides is 1. The number of thiophene rings is 1. The van der Waals surface area contributed by atoms with Crippen LogP contribution in [0.4, 0.5) is 5.00 Å². The Kier molecular flexibility index (Phi) is 5.70. The average Bonchev–Trinajstić information content (AvgIpc) is 3.41. The highest BCUT2D eigenvalue weighted by Crippen LogP contribution is 2.38. The molecule has 34 heavy (non-hydrogen) atoms. The summed E-state index contributed by atoms with van der Waals surface area (Å²) in [7, 11) is 0. The van der Waals surface area contributed by atoms with E-state index in [9.17, 15) is 14.9 Å². The van der Waals surface area contributed by atoms with E-state index in [0.29, 0.717) is 27.6 Å². The van der Waals surface area contributed by atoms with Crippen molar-refractivity contribution in [3.8, 4) is 17.3 Å². The SMILES string of the molecule is N#CC(=Cc1c(-c2ccccc2)nc2ccccn12)C(=O)Nc1sc2c(c1C(N)=O)CCCC2. The molecule has 2 amide bonds. The smallest absolute Gasteiger partial charge is 0.267 e. The quantitative estimate of drug-likeness (QED) is 0.330. The number of aromatic nitrogens is 2.